The van der Waals surface area contributed by atoms with Crippen molar-refractivity contribution in [3.63, 3.8) is 0 Å². The molecule has 1 aliphatic heterocycles. The molecule has 3 heterocycles. The Hall–Kier alpha value is -2.67. The van der Waals surface area contributed by atoms with Crippen LogP contribution in [0.3, 0.4) is 0 Å². The van der Waals surface area contributed by atoms with Crippen LogP contribution in [0.2, 0.25) is 5.02 Å². The lowest BCUT2D eigenvalue weighted by atomic mass is 10.1. The number of carbonyl (C=O) groups excluding carboxylic acids is 1. The van der Waals surface area contributed by atoms with Crippen LogP contribution in [0, 0.1) is 0 Å². The molecule has 1 aliphatic rings. The summed E-state index contributed by atoms with van der Waals surface area (Å²) in [5.41, 5.74) is 8.61. The Morgan fingerprint density at radius 2 is 2.29 bits per heavy atom. The normalized spacial score (nSPS) is 14.0. The molecule has 3 aromatic rings. The number of halogens is 1. The van der Waals surface area contributed by atoms with E-state index >= 15 is 0 Å². The number of hydrogen-bond acceptors (Lipinski definition) is 5. The van der Waals surface area contributed by atoms with Gasteiger partial charge < -0.3 is 24.9 Å². The third-order valence-corrected chi connectivity index (χ3v) is 4.49. The van der Waals surface area contributed by atoms with Crippen molar-refractivity contribution in [3.8, 4) is 5.75 Å². The minimum Gasteiger partial charge on any atom is -0.496 e. The number of hydrogen-bond donors (Lipinski definition) is 2. The molecule has 0 atom stereocenters. The van der Waals surface area contributed by atoms with Crippen molar-refractivity contribution >= 4 is 34.3 Å². The summed E-state index contributed by atoms with van der Waals surface area (Å²) in [6.07, 6.45) is 0.622. The Bertz CT molecular complexity index is 946. The van der Waals surface area contributed by atoms with Crippen molar-refractivity contribution in [2.75, 3.05) is 19.4 Å². The SMILES string of the molecule is COc1cc(Cl)cc2[nH]c(C(=O)N3CCc4noc(N)c4C3)cc12. The molecule has 2 aromatic heterocycles. The molecule has 8 heteroatoms. The fraction of sp³-hybridized carbons (Fsp3) is 0.250. The fourth-order valence-corrected chi connectivity index (χ4v) is 3.24. The van der Waals surface area contributed by atoms with Gasteiger partial charge in [-0.3, -0.25) is 4.79 Å². The van der Waals surface area contributed by atoms with E-state index in [0.717, 1.165) is 22.2 Å². The maximum absolute atomic E-state index is 12.8. The van der Waals surface area contributed by atoms with E-state index in [1.807, 2.05) is 0 Å². The molecule has 0 saturated heterocycles. The number of nitrogens with two attached hydrogens (primary N) is 1. The Labute approximate surface area is 142 Å². The van der Waals surface area contributed by atoms with E-state index in [1.54, 1.807) is 30.2 Å². The van der Waals surface area contributed by atoms with Gasteiger partial charge in [-0.15, -0.1) is 0 Å². The molecule has 0 spiro atoms. The zero-order valence-corrected chi connectivity index (χ0v) is 13.7. The van der Waals surface area contributed by atoms with Crippen molar-refractivity contribution in [3.05, 3.63) is 40.2 Å². The first-order chi connectivity index (χ1) is 11.6. The van der Waals surface area contributed by atoms with Crippen molar-refractivity contribution in [2.45, 2.75) is 13.0 Å². The summed E-state index contributed by atoms with van der Waals surface area (Å²) < 4.78 is 10.3. The zero-order valence-electron chi connectivity index (χ0n) is 12.9. The number of anilines is 1. The fourth-order valence-electron chi connectivity index (χ4n) is 3.03. The van der Waals surface area contributed by atoms with Crippen LogP contribution >= 0.6 is 11.6 Å². The van der Waals surface area contributed by atoms with Crippen LogP contribution in [0.5, 0.6) is 5.75 Å². The predicted molar refractivity (Wildman–Crippen MR) is 89.2 cm³/mol. The van der Waals surface area contributed by atoms with E-state index < -0.39 is 0 Å². The van der Waals surface area contributed by atoms with Crippen LogP contribution in [0.4, 0.5) is 5.88 Å². The summed E-state index contributed by atoms with van der Waals surface area (Å²) >= 11 is 6.07. The van der Waals surface area contributed by atoms with Crippen molar-refractivity contribution in [1.29, 1.82) is 0 Å². The standard InChI is InChI=1S/C16H15ClN4O3/c1-23-14-5-8(17)4-12-9(14)6-13(19-12)16(22)21-3-2-11-10(7-21)15(18)24-20-11/h4-6,19H,2-3,7,18H2,1H3. The van der Waals surface area contributed by atoms with Gasteiger partial charge in [0.05, 0.1) is 30.4 Å². The van der Waals surface area contributed by atoms with Gasteiger partial charge in [-0.25, -0.2) is 0 Å². The average molecular weight is 347 g/mol. The molecule has 1 aromatic carbocycles. The number of aromatic nitrogens is 2. The van der Waals surface area contributed by atoms with Gasteiger partial charge in [0.15, 0.2) is 0 Å². The lowest BCUT2D eigenvalue weighted by Crippen LogP contribution is -2.36. The lowest BCUT2D eigenvalue weighted by Gasteiger charge is -2.25. The topological polar surface area (TPSA) is 97.4 Å². The second-order valence-electron chi connectivity index (χ2n) is 5.70. The summed E-state index contributed by atoms with van der Waals surface area (Å²) in [4.78, 5) is 17.7. The van der Waals surface area contributed by atoms with Gasteiger partial charge in [0.2, 0.25) is 5.88 Å². The van der Waals surface area contributed by atoms with Crippen LogP contribution in [0.1, 0.15) is 21.7 Å². The van der Waals surface area contributed by atoms with E-state index in [-0.39, 0.29) is 11.8 Å². The molecule has 0 fully saturated rings. The first-order valence-corrected chi connectivity index (χ1v) is 7.83. The Morgan fingerprint density at radius 1 is 1.46 bits per heavy atom. The van der Waals surface area contributed by atoms with Crippen LogP contribution < -0.4 is 10.5 Å². The number of nitrogens with zero attached hydrogens (tertiary/aromatic N) is 2. The van der Waals surface area contributed by atoms with Gasteiger partial charge in [0.25, 0.3) is 5.91 Å². The molecular weight excluding hydrogens is 332 g/mol. The monoisotopic (exact) mass is 346 g/mol. The van der Waals surface area contributed by atoms with Crippen LogP contribution in [0.25, 0.3) is 10.9 Å². The maximum Gasteiger partial charge on any atom is 0.270 e. The lowest BCUT2D eigenvalue weighted by molar-refractivity contribution is 0.0729. The van der Waals surface area contributed by atoms with Crippen molar-refractivity contribution in [1.82, 2.24) is 15.0 Å². The third-order valence-electron chi connectivity index (χ3n) is 4.27. The summed E-state index contributed by atoms with van der Waals surface area (Å²) in [6.45, 7) is 0.946. The smallest absolute Gasteiger partial charge is 0.270 e. The molecule has 0 aliphatic carbocycles. The predicted octanol–water partition coefficient (Wildman–Crippen LogP) is 2.60. The minimum atomic E-state index is -0.115. The number of aromatic amines is 1. The zero-order chi connectivity index (χ0) is 16.8. The van der Waals surface area contributed by atoms with Crippen LogP contribution in [-0.2, 0) is 13.0 Å². The highest BCUT2D eigenvalue weighted by Crippen LogP contribution is 2.31. The average Bonchev–Trinajstić information content (AvgIpc) is 3.17. The summed E-state index contributed by atoms with van der Waals surface area (Å²) in [5, 5.41) is 5.27. The Balaban J connectivity index is 1.68. The van der Waals surface area contributed by atoms with Crippen LogP contribution in [0.15, 0.2) is 22.7 Å². The number of ether oxygens (including phenoxy) is 1. The third kappa shape index (κ3) is 2.28. The number of nitrogens with one attached hydrogen (secondary N) is 1. The van der Waals surface area contributed by atoms with Gasteiger partial charge in [0.1, 0.15) is 11.4 Å². The number of benzene rings is 1. The molecule has 24 heavy (non-hydrogen) atoms. The number of nitrogen functional groups attached to an aromatic ring is 1. The molecular formula is C16H15ClN4O3. The number of rotatable bonds is 2. The van der Waals surface area contributed by atoms with Crippen molar-refractivity contribution < 1.29 is 14.1 Å². The molecule has 1 amide bonds. The number of methoxy groups -OCH3 is 1. The molecule has 7 nitrogen and oxygen atoms in total. The van der Waals surface area contributed by atoms with E-state index in [2.05, 4.69) is 10.1 Å². The molecule has 4 rings (SSSR count). The first-order valence-electron chi connectivity index (χ1n) is 7.45. The highest BCUT2D eigenvalue weighted by atomic mass is 35.5. The molecule has 3 N–H and O–H groups in total. The van der Waals surface area contributed by atoms with Gasteiger partial charge in [0, 0.05) is 23.4 Å². The number of amides is 1. The highest BCUT2D eigenvalue weighted by Gasteiger charge is 2.27. The second kappa shape index (κ2) is 5.45. The number of fused-ring (bicyclic) bond motifs is 2. The first kappa shape index (κ1) is 14.9. The molecule has 0 radical (unpaired) electrons. The number of H-pyrrole nitrogens is 1. The van der Waals surface area contributed by atoms with E-state index in [4.69, 9.17) is 26.6 Å². The summed E-state index contributed by atoms with van der Waals surface area (Å²) in [6, 6.07) is 5.26. The Morgan fingerprint density at radius 3 is 3.08 bits per heavy atom. The molecule has 0 unspecified atom stereocenters. The molecule has 124 valence electrons. The van der Waals surface area contributed by atoms with Gasteiger partial charge >= 0.3 is 0 Å². The van der Waals surface area contributed by atoms with E-state index in [9.17, 15) is 4.79 Å². The number of carbonyl (C=O) groups is 1. The van der Waals surface area contributed by atoms with E-state index in [1.165, 1.54) is 0 Å². The second-order valence-corrected chi connectivity index (χ2v) is 6.14. The quantitative estimate of drug-likeness (QED) is 0.743. The molecule has 0 saturated carbocycles. The Kier molecular flexibility index (Phi) is 3.38. The van der Waals surface area contributed by atoms with Crippen LogP contribution in [-0.4, -0.2) is 34.6 Å². The highest BCUT2D eigenvalue weighted by molar-refractivity contribution is 6.31. The van der Waals surface area contributed by atoms with Gasteiger partial charge in [-0.05, 0) is 18.2 Å². The summed E-state index contributed by atoms with van der Waals surface area (Å²) in [7, 11) is 1.57. The molecule has 0 bridgehead atoms. The minimum absolute atomic E-state index is 0.115. The summed E-state index contributed by atoms with van der Waals surface area (Å²) in [5.74, 6) is 0.778. The van der Waals surface area contributed by atoms with Crippen molar-refractivity contribution in [2.24, 2.45) is 0 Å². The maximum atomic E-state index is 12.8. The van der Waals surface area contributed by atoms with Gasteiger partial charge in [-0.1, -0.05) is 16.8 Å². The largest absolute Gasteiger partial charge is 0.496 e. The van der Waals surface area contributed by atoms with Gasteiger partial charge in [-0.2, -0.15) is 0 Å². The van der Waals surface area contributed by atoms with E-state index in [0.29, 0.717) is 36.0 Å².